The van der Waals surface area contributed by atoms with Gasteiger partial charge in [-0.2, -0.15) is 0 Å². The summed E-state index contributed by atoms with van der Waals surface area (Å²) < 4.78 is 10.4. The molecule has 0 saturated carbocycles. The Kier molecular flexibility index (Phi) is 6.63. The first-order chi connectivity index (χ1) is 15.9. The van der Waals surface area contributed by atoms with E-state index in [0.29, 0.717) is 17.0 Å². The van der Waals surface area contributed by atoms with Crippen molar-refractivity contribution < 1.29 is 23.9 Å². The van der Waals surface area contributed by atoms with Gasteiger partial charge in [-0.05, 0) is 74.1 Å². The summed E-state index contributed by atoms with van der Waals surface area (Å²) in [4.78, 5) is 40.1. The van der Waals surface area contributed by atoms with E-state index in [-0.39, 0.29) is 6.54 Å². The Morgan fingerprint density at radius 3 is 2.67 bits per heavy atom. The van der Waals surface area contributed by atoms with Gasteiger partial charge in [-0.1, -0.05) is 6.07 Å². The number of methoxy groups -OCH3 is 1. The molecule has 1 aliphatic rings. The number of anilines is 1. The lowest BCUT2D eigenvalue weighted by atomic mass is 9.95. The van der Waals surface area contributed by atoms with Crippen molar-refractivity contribution in [3.63, 3.8) is 0 Å². The molecule has 2 aromatic carbocycles. The van der Waals surface area contributed by atoms with Gasteiger partial charge >= 0.3 is 5.97 Å². The monoisotopic (exact) mass is 449 g/mol. The van der Waals surface area contributed by atoms with Gasteiger partial charge in [0.1, 0.15) is 5.75 Å². The molecule has 3 aromatic rings. The average molecular weight is 450 g/mol. The lowest BCUT2D eigenvalue weighted by Crippen LogP contribution is -2.35. The van der Waals surface area contributed by atoms with Crippen LogP contribution < -0.4 is 15.4 Å². The number of amides is 2. The molecule has 0 saturated heterocycles. The molecule has 0 radical (unpaired) electrons. The SMILES string of the molecule is COc1ccc(C)cc1NC(=O)CNC(=O)COC(=O)c1ccc2[nH]c3c(c2c1)CCCC3. The Labute approximate surface area is 191 Å². The van der Waals surface area contributed by atoms with Crippen molar-refractivity contribution in [3.8, 4) is 5.75 Å². The molecule has 0 aliphatic heterocycles. The Morgan fingerprint density at radius 2 is 1.85 bits per heavy atom. The Balaban J connectivity index is 1.29. The Bertz CT molecular complexity index is 1210. The third-order valence-corrected chi connectivity index (χ3v) is 5.74. The molecule has 172 valence electrons. The van der Waals surface area contributed by atoms with E-state index in [1.54, 1.807) is 18.2 Å². The van der Waals surface area contributed by atoms with Crippen molar-refractivity contribution >= 4 is 34.4 Å². The number of carbonyl (C=O) groups is 3. The van der Waals surface area contributed by atoms with Crippen LogP contribution in [0.4, 0.5) is 5.69 Å². The molecule has 3 N–H and O–H groups in total. The van der Waals surface area contributed by atoms with E-state index in [1.165, 1.54) is 24.8 Å². The Hall–Kier alpha value is -3.81. The fraction of sp³-hybridized carbons (Fsp3) is 0.320. The van der Waals surface area contributed by atoms with E-state index in [9.17, 15) is 14.4 Å². The van der Waals surface area contributed by atoms with Gasteiger partial charge in [0.05, 0.1) is 24.9 Å². The fourth-order valence-corrected chi connectivity index (χ4v) is 4.09. The second kappa shape index (κ2) is 9.77. The van der Waals surface area contributed by atoms with Crippen LogP contribution in [0.5, 0.6) is 5.75 Å². The van der Waals surface area contributed by atoms with Gasteiger partial charge in [0.15, 0.2) is 6.61 Å². The minimum atomic E-state index is -0.577. The predicted octanol–water partition coefficient (Wildman–Crippen LogP) is 3.28. The molecule has 2 amide bonds. The molecule has 1 aromatic heterocycles. The van der Waals surface area contributed by atoms with Gasteiger partial charge in [0.2, 0.25) is 5.91 Å². The number of hydrogen-bond donors (Lipinski definition) is 3. The van der Waals surface area contributed by atoms with Gasteiger partial charge in [0.25, 0.3) is 5.91 Å². The molecular weight excluding hydrogens is 422 g/mol. The number of H-pyrrole nitrogens is 1. The van der Waals surface area contributed by atoms with Crippen molar-refractivity contribution in [1.29, 1.82) is 0 Å². The van der Waals surface area contributed by atoms with E-state index < -0.39 is 24.4 Å². The lowest BCUT2D eigenvalue weighted by Gasteiger charge is -2.12. The van der Waals surface area contributed by atoms with Crippen molar-refractivity contribution in [2.45, 2.75) is 32.6 Å². The highest BCUT2D eigenvalue weighted by Crippen LogP contribution is 2.30. The topological polar surface area (TPSA) is 110 Å². The summed E-state index contributed by atoms with van der Waals surface area (Å²) in [6.45, 7) is 1.17. The number of nitrogens with one attached hydrogen (secondary N) is 3. The number of fused-ring (bicyclic) bond motifs is 3. The number of aromatic amines is 1. The molecule has 0 atom stereocenters. The molecule has 0 unspecified atom stereocenters. The summed E-state index contributed by atoms with van der Waals surface area (Å²) >= 11 is 0. The van der Waals surface area contributed by atoms with Crippen molar-refractivity contribution in [2.75, 3.05) is 25.6 Å². The van der Waals surface area contributed by atoms with E-state index in [4.69, 9.17) is 9.47 Å². The zero-order valence-electron chi connectivity index (χ0n) is 18.7. The second-order valence-electron chi connectivity index (χ2n) is 8.15. The van der Waals surface area contributed by atoms with Crippen LogP contribution in [0.15, 0.2) is 36.4 Å². The van der Waals surface area contributed by atoms with Crippen molar-refractivity contribution in [1.82, 2.24) is 10.3 Å². The van der Waals surface area contributed by atoms with Gasteiger partial charge in [-0.3, -0.25) is 9.59 Å². The molecule has 4 rings (SSSR count). The molecule has 0 bridgehead atoms. The predicted molar refractivity (Wildman–Crippen MR) is 125 cm³/mol. The van der Waals surface area contributed by atoms with E-state index in [2.05, 4.69) is 15.6 Å². The second-order valence-corrected chi connectivity index (χ2v) is 8.15. The van der Waals surface area contributed by atoms with Crippen LogP contribution in [0.25, 0.3) is 10.9 Å². The van der Waals surface area contributed by atoms with Gasteiger partial charge in [-0.15, -0.1) is 0 Å². The van der Waals surface area contributed by atoms with Crippen LogP contribution in [0, 0.1) is 6.92 Å². The quantitative estimate of drug-likeness (QED) is 0.480. The first kappa shape index (κ1) is 22.4. The smallest absolute Gasteiger partial charge is 0.338 e. The molecule has 33 heavy (non-hydrogen) atoms. The van der Waals surface area contributed by atoms with E-state index in [0.717, 1.165) is 35.7 Å². The molecular formula is C25H27N3O5. The summed E-state index contributed by atoms with van der Waals surface area (Å²) in [7, 11) is 1.51. The molecule has 0 fully saturated rings. The molecule has 1 heterocycles. The lowest BCUT2D eigenvalue weighted by molar-refractivity contribution is -0.126. The molecule has 1 aliphatic carbocycles. The van der Waals surface area contributed by atoms with Crippen LogP contribution in [-0.2, 0) is 27.2 Å². The summed E-state index contributed by atoms with van der Waals surface area (Å²) in [6.07, 6.45) is 4.32. The molecule has 8 heteroatoms. The third kappa shape index (κ3) is 5.16. The van der Waals surface area contributed by atoms with E-state index >= 15 is 0 Å². The standard InChI is InChI=1S/C25H27N3O5/c1-15-7-10-22(32-2)21(11-15)28-23(29)13-26-24(30)14-33-25(31)16-8-9-20-18(12-16)17-5-3-4-6-19(17)27-20/h7-12,27H,3-6,13-14H2,1-2H3,(H,26,30)(H,28,29). The highest BCUT2D eigenvalue weighted by molar-refractivity contribution is 5.98. The number of benzene rings is 2. The van der Waals surface area contributed by atoms with Crippen LogP contribution in [0.1, 0.15) is 40.0 Å². The summed E-state index contributed by atoms with van der Waals surface area (Å²) in [5.41, 5.74) is 5.38. The zero-order chi connectivity index (χ0) is 23.4. The van der Waals surface area contributed by atoms with Crippen LogP contribution >= 0.6 is 0 Å². The van der Waals surface area contributed by atoms with Crippen LogP contribution in [0.2, 0.25) is 0 Å². The normalized spacial score (nSPS) is 12.7. The number of ether oxygens (including phenoxy) is 2. The molecule has 0 spiro atoms. The minimum Gasteiger partial charge on any atom is -0.495 e. The summed E-state index contributed by atoms with van der Waals surface area (Å²) in [6, 6.07) is 10.8. The maximum Gasteiger partial charge on any atom is 0.338 e. The van der Waals surface area contributed by atoms with Crippen molar-refractivity contribution in [3.05, 3.63) is 58.8 Å². The third-order valence-electron chi connectivity index (χ3n) is 5.74. The summed E-state index contributed by atoms with van der Waals surface area (Å²) in [5, 5.41) is 6.19. The fourth-order valence-electron chi connectivity index (χ4n) is 4.09. The minimum absolute atomic E-state index is 0.255. The number of aromatic nitrogens is 1. The van der Waals surface area contributed by atoms with Gasteiger partial charge < -0.3 is 25.1 Å². The maximum atomic E-state index is 12.5. The first-order valence-corrected chi connectivity index (χ1v) is 11.0. The highest BCUT2D eigenvalue weighted by Gasteiger charge is 2.18. The number of rotatable bonds is 7. The number of aryl methyl sites for hydroxylation is 3. The van der Waals surface area contributed by atoms with Crippen LogP contribution in [0.3, 0.4) is 0 Å². The Morgan fingerprint density at radius 1 is 1.03 bits per heavy atom. The summed E-state index contributed by atoms with van der Waals surface area (Å²) in [5.74, 6) is -1.03. The van der Waals surface area contributed by atoms with Crippen LogP contribution in [-0.4, -0.2) is 43.0 Å². The first-order valence-electron chi connectivity index (χ1n) is 11.0. The van der Waals surface area contributed by atoms with E-state index in [1.807, 2.05) is 25.1 Å². The van der Waals surface area contributed by atoms with Crippen molar-refractivity contribution in [2.24, 2.45) is 0 Å². The van der Waals surface area contributed by atoms with Gasteiger partial charge in [0, 0.05) is 16.6 Å². The average Bonchev–Trinajstić information content (AvgIpc) is 3.19. The maximum absolute atomic E-state index is 12.5. The number of hydrogen-bond acceptors (Lipinski definition) is 5. The largest absolute Gasteiger partial charge is 0.495 e. The van der Waals surface area contributed by atoms with Gasteiger partial charge in [-0.25, -0.2) is 4.79 Å². The molecule has 8 nitrogen and oxygen atoms in total. The highest BCUT2D eigenvalue weighted by atomic mass is 16.5. The zero-order valence-corrected chi connectivity index (χ0v) is 18.7. The number of carbonyl (C=O) groups excluding carboxylic acids is 3. The number of esters is 1.